The first-order valence-corrected chi connectivity index (χ1v) is 5.10. The van der Waals surface area contributed by atoms with E-state index in [4.69, 9.17) is 9.84 Å². The Morgan fingerprint density at radius 2 is 2.31 bits per heavy atom. The molecule has 0 unspecified atom stereocenters. The predicted octanol–water partition coefficient (Wildman–Crippen LogP) is 0.431. The third kappa shape index (κ3) is 3.51. The molecule has 0 radical (unpaired) electrons. The topological polar surface area (TPSA) is 62.7 Å². The van der Waals surface area contributed by atoms with Crippen molar-refractivity contribution in [1.29, 1.82) is 0 Å². The van der Waals surface area contributed by atoms with E-state index >= 15 is 0 Å². The predicted molar refractivity (Wildman–Crippen MR) is 59.0 cm³/mol. The molecule has 1 N–H and O–H groups in total. The van der Waals surface area contributed by atoms with Gasteiger partial charge in [-0.05, 0) is 19.1 Å². The van der Waals surface area contributed by atoms with Crippen LogP contribution in [-0.2, 0) is 11.4 Å². The normalized spacial score (nSPS) is 9.94. The Hall–Kier alpha value is -1.62. The summed E-state index contributed by atoms with van der Waals surface area (Å²) in [5.74, 6) is 0.448. The van der Waals surface area contributed by atoms with Gasteiger partial charge in [0.2, 0.25) is 0 Å². The van der Waals surface area contributed by atoms with E-state index in [-0.39, 0.29) is 19.1 Å². The molecule has 1 aromatic rings. The number of hydrogen-bond donors (Lipinski definition) is 1. The maximum atomic E-state index is 11.4. The second-order valence-corrected chi connectivity index (χ2v) is 3.34. The van der Waals surface area contributed by atoms with Crippen molar-refractivity contribution in [3.8, 4) is 5.75 Å². The van der Waals surface area contributed by atoms with E-state index in [2.05, 4.69) is 4.98 Å². The van der Waals surface area contributed by atoms with Crippen molar-refractivity contribution in [2.24, 2.45) is 0 Å². The maximum absolute atomic E-state index is 11.4. The molecule has 1 aromatic heterocycles. The van der Waals surface area contributed by atoms with E-state index in [1.165, 1.54) is 6.20 Å². The minimum absolute atomic E-state index is 0.00446. The second kappa shape index (κ2) is 6.07. The van der Waals surface area contributed by atoms with E-state index in [1.807, 2.05) is 6.92 Å². The SMILES string of the molecule is CCN(C)C(=O)COc1ccc(CO)nc1. The Balaban J connectivity index is 2.45. The molecule has 0 aliphatic rings. The van der Waals surface area contributed by atoms with E-state index < -0.39 is 0 Å². The van der Waals surface area contributed by atoms with Gasteiger partial charge < -0.3 is 14.7 Å². The summed E-state index contributed by atoms with van der Waals surface area (Å²) < 4.78 is 5.25. The molecule has 0 atom stereocenters. The Morgan fingerprint density at radius 1 is 1.56 bits per heavy atom. The smallest absolute Gasteiger partial charge is 0.260 e. The molecule has 0 bridgehead atoms. The third-order valence-electron chi connectivity index (χ3n) is 2.22. The first-order valence-electron chi connectivity index (χ1n) is 5.10. The van der Waals surface area contributed by atoms with Crippen LogP contribution in [-0.4, -0.2) is 41.1 Å². The Labute approximate surface area is 94.7 Å². The number of carbonyl (C=O) groups is 1. The minimum Gasteiger partial charge on any atom is -0.482 e. The summed E-state index contributed by atoms with van der Waals surface area (Å²) >= 11 is 0. The summed E-state index contributed by atoms with van der Waals surface area (Å²) in [7, 11) is 1.72. The molecule has 0 spiro atoms. The highest BCUT2D eigenvalue weighted by Crippen LogP contribution is 2.09. The van der Waals surface area contributed by atoms with Gasteiger partial charge in [0.15, 0.2) is 6.61 Å². The zero-order valence-corrected chi connectivity index (χ0v) is 9.51. The molecular weight excluding hydrogens is 208 g/mol. The highest BCUT2D eigenvalue weighted by Gasteiger charge is 2.07. The fraction of sp³-hybridized carbons (Fsp3) is 0.455. The molecule has 5 nitrogen and oxygen atoms in total. The average molecular weight is 224 g/mol. The van der Waals surface area contributed by atoms with Crippen molar-refractivity contribution in [1.82, 2.24) is 9.88 Å². The monoisotopic (exact) mass is 224 g/mol. The number of pyridine rings is 1. The third-order valence-corrected chi connectivity index (χ3v) is 2.22. The van der Waals surface area contributed by atoms with Gasteiger partial charge in [0, 0.05) is 13.6 Å². The highest BCUT2D eigenvalue weighted by molar-refractivity contribution is 5.77. The number of amides is 1. The maximum Gasteiger partial charge on any atom is 0.260 e. The molecule has 0 saturated carbocycles. The zero-order valence-electron chi connectivity index (χ0n) is 9.51. The summed E-state index contributed by atoms with van der Waals surface area (Å²) in [6.07, 6.45) is 1.49. The van der Waals surface area contributed by atoms with Crippen LogP contribution in [0.15, 0.2) is 18.3 Å². The number of aromatic nitrogens is 1. The Kier molecular flexibility index (Phi) is 4.72. The van der Waals surface area contributed by atoms with Gasteiger partial charge in [0.05, 0.1) is 18.5 Å². The van der Waals surface area contributed by atoms with E-state index in [1.54, 1.807) is 24.1 Å². The first kappa shape index (κ1) is 12.4. The molecule has 0 fully saturated rings. The van der Waals surface area contributed by atoms with Crippen LogP contribution in [0, 0.1) is 0 Å². The van der Waals surface area contributed by atoms with Crippen LogP contribution in [0.3, 0.4) is 0 Å². The highest BCUT2D eigenvalue weighted by atomic mass is 16.5. The fourth-order valence-electron chi connectivity index (χ4n) is 1.02. The summed E-state index contributed by atoms with van der Waals surface area (Å²) in [5.41, 5.74) is 0.573. The molecule has 0 aliphatic carbocycles. The van der Waals surface area contributed by atoms with E-state index in [9.17, 15) is 4.79 Å². The van der Waals surface area contributed by atoms with Crippen LogP contribution in [0.1, 0.15) is 12.6 Å². The lowest BCUT2D eigenvalue weighted by Crippen LogP contribution is -2.31. The molecule has 1 amide bonds. The summed E-state index contributed by atoms with van der Waals surface area (Å²) in [6.45, 7) is 2.46. The number of hydrogen-bond acceptors (Lipinski definition) is 4. The van der Waals surface area contributed by atoms with Gasteiger partial charge in [-0.2, -0.15) is 0 Å². The number of aliphatic hydroxyl groups excluding tert-OH is 1. The molecule has 0 saturated heterocycles. The lowest BCUT2D eigenvalue weighted by atomic mass is 10.3. The molecule has 0 aliphatic heterocycles. The van der Waals surface area contributed by atoms with Gasteiger partial charge >= 0.3 is 0 Å². The number of aliphatic hydroxyl groups is 1. The summed E-state index contributed by atoms with van der Waals surface area (Å²) in [5, 5.41) is 8.79. The van der Waals surface area contributed by atoms with Gasteiger partial charge in [0.25, 0.3) is 5.91 Å². The summed E-state index contributed by atoms with van der Waals surface area (Å²) in [4.78, 5) is 16.9. The van der Waals surface area contributed by atoms with Gasteiger partial charge in [-0.15, -0.1) is 0 Å². The lowest BCUT2D eigenvalue weighted by molar-refractivity contribution is -0.131. The largest absolute Gasteiger partial charge is 0.482 e. The first-order chi connectivity index (χ1) is 7.67. The number of likely N-dealkylation sites (N-methyl/N-ethyl adjacent to an activating group) is 1. The van der Waals surface area contributed by atoms with Gasteiger partial charge in [0.1, 0.15) is 5.75 Å². The number of ether oxygens (including phenoxy) is 1. The van der Waals surface area contributed by atoms with Crippen LogP contribution in [0.4, 0.5) is 0 Å². The quantitative estimate of drug-likeness (QED) is 0.788. The lowest BCUT2D eigenvalue weighted by Gasteiger charge is -2.14. The average Bonchev–Trinajstić information content (AvgIpc) is 2.35. The minimum atomic E-state index is -0.0994. The van der Waals surface area contributed by atoms with Crippen molar-refractivity contribution >= 4 is 5.91 Å². The standard InChI is InChI=1S/C11H16N2O3/c1-3-13(2)11(15)8-16-10-5-4-9(7-14)12-6-10/h4-6,14H,3,7-8H2,1-2H3. The second-order valence-electron chi connectivity index (χ2n) is 3.34. The van der Waals surface area contributed by atoms with Crippen LogP contribution < -0.4 is 4.74 Å². The molecule has 0 aromatic carbocycles. The molecule has 1 rings (SSSR count). The Morgan fingerprint density at radius 3 is 2.81 bits per heavy atom. The van der Waals surface area contributed by atoms with Gasteiger partial charge in [-0.1, -0.05) is 0 Å². The number of carbonyl (C=O) groups excluding carboxylic acids is 1. The van der Waals surface area contributed by atoms with E-state index in [0.717, 1.165) is 0 Å². The van der Waals surface area contributed by atoms with Crippen LogP contribution in [0.5, 0.6) is 5.75 Å². The zero-order chi connectivity index (χ0) is 12.0. The molecule has 1 heterocycles. The van der Waals surface area contributed by atoms with Crippen molar-refractivity contribution in [3.63, 3.8) is 0 Å². The van der Waals surface area contributed by atoms with Crippen LogP contribution in [0.25, 0.3) is 0 Å². The van der Waals surface area contributed by atoms with Crippen LogP contribution >= 0.6 is 0 Å². The molecule has 88 valence electrons. The van der Waals surface area contributed by atoms with Crippen molar-refractivity contribution in [3.05, 3.63) is 24.0 Å². The Bertz CT molecular complexity index is 338. The van der Waals surface area contributed by atoms with Gasteiger partial charge in [-0.3, -0.25) is 9.78 Å². The molecule has 16 heavy (non-hydrogen) atoms. The van der Waals surface area contributed by atoms with Crippen molar-refractivity contribution < 1.29 is 14.6 Å². The number of rotatable bonds is 5. The molecular formula is C11H16N2O3. The van der Waals surface area contributed by atoms with Crippen molar-refractivity contribution in [2.75, 3.05) is 20.2 Å². The van der Waals surface area contributed by atoms with Gasteiger partial charge in [-0.25, -0.2) is 0 Å². The van der Waals surface area contributed by atoms with E-state index in [0.29, 0.717) is 18.0 Å². The molecule has 5 heteroatoms. The van der Waals surface area contributed by atoms with Crippen LogP contribution in [0.2, 0.25) is 0 Å². The summed E-state index contributed by atoms with van der Waals surface area (Å²) in [6, 6.07) is 3.33. The fourth-order valence-corrected chi connectivity index (χ4v) is 1.02. The number of nitrogens with zero attached hydrogens (tertiary/aromatic N) is 2. The van der Waals surface area contributed by atoms with Crippen molar-refractivity contribution in [2.45, 2.75) is 13.5 Å².